The van der Waals surface area contributed by atoms with Gasteiger partial charge in [0, 0.05) is 32.0 Å². The van der Waals surface area contributed by atoms with Gasteiger partial charge in [-0.1, -0.05) is 0 Å². The molecule has 2 N–H and O–H groups in total. The third-order valence-corrected chi connectivity index (χ3v) is 4.77. The Morgan fingerprint density at radius 2 is 1.86 bits per heavy atom. The van der Waals surface area contributed by atoms with Crippen LogP contribution >= 0.6 is 0 Å². The number of rotatable bonds is 3. The summed E-state index contributed by atoms with van der Waals surface area (Å²) in [7, 11) is 0. The fourth-order valence-electron chi connectivity index (χ4n) is 3.14. The molecule has 1 amide bonds. The third kappa shape index (κ3) is 5.30. The van der Waals surface area contributed by atoms with Crippen LogP contribution in [0.3, 0.4) is 0 Å². The van der Waals surface area contributed by atoms with E-state index in [4.69, 9.17) is 19.9 Å². The summed E-state index contributed by atoms with van der Waals surface area (Å²) in [6, 6.07) is 2.39. The number of carbonyl (C=O) groups is 1. The van der Waals surface area contributed by atoms with Crippen molar-refractivity contribution in [2.75, 3.05) is 26.3 Å². The van der Waals surface area contributed by atoms with Gasteiger partial charge in [-0.2, -0.15) is 13.2 Å². The zero-order valence-electron chi connectivity index (χ0n) is 16.7. The summed E-state index contributed by atoms with van der Waals surface area (Å²) in [4.78, 5) is 17.3. The highest BCUT2D eigenvalue weighted by molar-refractivity contribution is 5.68. The largest absolute Gasteiger partial charge is 0.474 e. The molecule has 29 heavy (non-hydrogen) atoms. The molecule has 1 aromatic rings. The molecular formula is C19H26F3N3O4. The van der Waals surface area contributed by atoms with Crippen LogP contribution in [-0.2, 0) is 21.2 Å². The van der Waals surface area contributed by atoms with E-state index in [0.29, 0.717) is 25.9 Å². The van der Waals surface area contributed by atoms with E-state index in [-0.39, 0.29) is 30.8 Å². The molecule has 0 aromatic carbocycles. The first-order valence-corrected chi connectivity index (χ1v) is 9.47. The number of pyridine rings is 1. The molecule has 2 saturated heterocycles. The zero-order valence-corrected chi connectivity index (χ0v) is 16.7. The van der Waals surface area contributed by atoms with Crippen LogP contribution < -0.4 is 10.5 Å². The fourth-order valence-corrected chi connectivity index (χ4v) is 3.14. The Kier molecular flexibility index (Phi) is 5.70. The first kappa shape index (κ1) is 21.6. The summed E-state index contributed by atoms with van der Waals surface area (Å²) in [6.45, 7) is 6.42. The van der Waals surface area contributed by atoms with Gasteiger partial charge in [-0.3, -0.25) is 0 Å². The summed E-state index contributed by atoms with van der Waals surface area (Å²) < 4.78 is 55.9. The number of ether oxygens (including phenoxy) is 3. The van der Waals surface area contributed by atoms with Gasteiger partial charge in [-0.15, -0.1) is 0 Å². The molecule has 0 atom stereocenters. The molecule has 3 heterocycles. The Bertz CT molecular complexity index is 752. The Morgan fingerprint density at radius 3 is 2.34 bits per heavy atom. The van der Waals surface area contributed by atoms with E-state index < -0.39 is 29.1 Å². The minimum absolute atomic E-state index is 0.123. The predicted molar refractivity (Wildman–Crippen MR) is 97.4 cm³/mol. The normalized spacial score (nSPS) is 20.2. The number of halogens is 3. The van der Waals surface area contributed by atoms with Gasteiger partial charge in [0.1, 0.15) is 17.4 Å². The van der Waals surface area contributed by atoms with Crippen LogP contribution in [0.1, 0.15) is 44.9 Å². The number of carbonyl (C=O) groups excluding carboxylic acids is 1. The van der Waals surface area contributed by atoms with Crippen molar-refractivity contribution in [2.45, 2.75) is 57.0 Å². The second kappa shape index (κ2) is 7.64. The molecule has 162 valence electrons. The SMILES string of the molecule is CC(C)(C)OC(=O)N1CCC(Oc2cc(C3(N)COC3)cc(C(F)(F)F)n2)CC1. The molecule has 0 saturated carbocycles. The van der Waals surface area contributed by atoms with Crippen LogP contribution in [0.15, 0.2) is 12.1 Å². The van der Waals surface area contributed by atoms with E-state index in [1.807, 2.05) is 0 Å². The van der Waals surface area contributed by atoms with Gasteiger partial charge in [-0.05, 0) is 32.4 Å². The number of nitrogens with zero attached hydrogens (tertiary/aromatic N) is 2. The summed E-state index contributed by atoms with van der Waals surface area (Å²) in [5.74, 6) is -0.123. The summed E-state index contributed by atoms with van der Waals surface area (Å²) >= 11 is 0. The summed E-state index contributed by atoms with van der Waals surface area (Å²) in [5, 5.41) is 0. The molecule has 2 fully saturated rings. The van der Waals surface area contributed by atoms with Crippen LogP contribution in [0.25, 0.3) is 0 Å². The van der Waals surface area contributed by atoms with Gasteiger partial charge in [0.25, 0.3) is 0 Å². The van der Waals surface area contributed by atoms with Crippen LogP contribution in [0, 0.1) is 0 Å². The standard InChI is InChI=1S/C19H26F3N3O4/c1-17(2,3)29-16(26)25-6-4-13(5-7-25)28-15-9-12(18(23)10-27-11-18)8-14(24-15)19(20,21)22/h8-9,13H,4-7,10-11,23H2,1-3H3. The number of alkyl halides is 3. The third-order valence-electron chi connectivity index (χ3n) is 4.77. The Labute approximate surface area is 167 Å². The number of hydrogen-bond donors (Lipinski definition) is 1. The number of hydrogen-bond acceptors (Lipinski definition) is 6. The van der Waals surface area contributed by atoms with Crippen LogP contribution in [0.4, 0.5) is 18.0 Å². The van der Waals surface area contributed by atoms with Crippen LogP contribution in [0.2, 0.25) is 0 Å². The van der Waals surface area contributed by atoms with E-state index in [1.54, 1.807) is 25.7 Å². The molecule has 10 heteroatoms. The second-order valence-electron chi connectivity index (χ2n) is 8.51. The van der Waals surface area contributed by atoms with Crippen molar-refractivity contribution in [3.63, 3.8) is 0 Å². The number of amides is 1. The van der Waals surface area contributed by atoms with Gasteiger partial charge in [-0.25, -0.2) is 9.78 Å². The average Bonchev–Trinajstić information content (AvgIpc) is 2.57. The first-order valence-electron chi connectivity index (χ1n) is 9.47. The van der Waals surface area contributed by atoms with E-state index >= 15 is 0 Å². The monoisotopic (exact) mass is 417 g/mol. The predicted octanol–water partition coefficient (Wildman–Crippen LogP) is 3.06. The first-order chi connectivity index (χ1) is 13.4. The fraction of sp³-hybridized carbons (Fsp3) is 0.684. The molecular weight excluding hydrogens is 391 g/mol. The topological polar surface area (TPSA) is 86.9 Å². The summed E-state index contributed by atoms with van der Waals surface area (Å²) in [5.41, 5.74) is 3.78. The van der Waals surface area contributed by atoms with Crippen molar-refractivity contribution in [1.29, 1.82) is 0 Å². The molecule has 3 rings (SSSR count). The number of piperidine rings is 1. The molecule has 0 spiro atoms. The minimum atomic E-state index is -4.62. The number of likely N-dealkylation sites (tertiary alicyclic amines) is 1. The molecule has 1 aromatic heterocycles. The molecule has 7 nitrogen and oxygen atoms in total. The molecule has 0 radical (unpaired) electrons. The second-order valence-corrected chi connectivity index (χ2v) is 8.51. The lowest BCUT2D eigenvalue weighted by atomic mass is 9.89. The highest BCUT2D eigenvalue weighted by Crippen LogP contribution is 2.35. The van der Waals surface area contributed by atoms with Gasteiger partial charge in [0.2, 0.25) is 5.88 Å². The minimum Gasteiger partial charge on any atom is -0.474 e. The van der Waals surface area contributed by atoms with Crippen LogP contribution in [0.5, 0.6) is 5.88 Å². The van der Waals surface area contributed by atoms with Crippen molar-refractivity contribution in [1.82, 2.24) is 9.88 Å². The maximum atomic E-state index is 13.3. The Balaban J connectivity index is 1.68. The maximum Gasteiger partial charge on any atom is 0.433 e. The highest BCUT2D eigenvalue weighted by atomic mass is 19.4. The van der Waals surface area contributed by atoms with E-state index in [9.17, 15) is 18.0 Å². The number of nitrogens with two attached hydrogens (primary N) is 1. The van der Waals surface area contributed by atoms with E-state index in [2.05, 4.69) is 4.98 Å². The molecule has 0 aliphatic carbocycles. The van der Waals surface area contributed by atoms with Crippen molar-refractivity contribution in [3.05, 3.63) is 23.4 Å². The maximum absolute atomic E-state index is 13.3. The quantitative estimate of drug-likeness (QED) is 0.814. The molecule has 2 aliphatic heterocycles. The zero-order chi connectivity index (χ0) is 21.4. The Hall–Kier alpha value is -2.07. The van der Waals surface area contributed by atoms with E-state index in [1.165, 1.54) is 6.07 Å². The van der Waals surface area contributed by atoms with Crippen molar-refractivity contribution in [3.8, 4) is 5.88 Å². The van der Waals surface area contributed by atoms with Gasteiger partial charge in [0.15, 0.2) is 0 Å². The smallest absolute Gasteiger partial charge is 0.433 e. The lowest BCUT2D eigenvalue weighted by Gasteiger charge is -2.38. The van der Waals surface area contributed by atoms with Gasteiger partial charge < -0.3 is 24.8 Å². The molecule has 0 bridgehead atoms. The average molecular weight is 417 g/mol. The molecule has 2 aliphatic rings. The lowest BCUT2D eigenvalue weighted by molar-refractivity contribution is -0.141. The van der Waals surface area contributed by atoms with Crippen molar-refractivity contribution in [2.24, 2.45) is 5.73 Å². The van der Waals surface area contributed by atoms with Gasteiger partial charge >= 0.3 is 12.3 Å². The van der Waals surface area contributed by atoms with E-state index in [0.717, 1.165) is 6.07 Å². The van der Waals surface area contributed by atoms with Gasteiger partial charge in [0.05, 0.1) is 18.8 Å². The summed E-state index contributed by atoms with van der Waals surface area (Å²) in [6.07, 6.45) is -4.46. The molecule has 0 unspecified atom stereocenters. The Morgan fingerprint density at radius 1 is 1.24 bits per heavy atom. The highest BCUT2D eigenvalue weighted by Gasteiger charge is 2.40. The van der Waals surface area contributed by atoms with Crippen molar-refractivity contribution >= 4 is 6.09 Å². The number of aromatic nitrogens is 1. The van der Waals surface area contributed by atoms with Crippen LogP contribution in [-0.4, -0.2) is 54.0 Å². The lowest BCUT2D eigenvalue weighted by Crippen LogP contribution is -2.54. The van der Waals surface area contributed by atoms with Crippen molar-refractivity contribution < 1.29 is 32.2 Å².